The molecule has 2 nitrogen and oxygen atoms in total. The molecule has 1 heterocycles. The average Bonchev–Trinajstić information content (AvgIpc) is 2.67. The molecule has 3 heteroatoms. The van der Waals surface area contributed by atoms with E-state index in [0.29, 0.717) is 12.1 Å². The molecule has 2 unspecified atom stereocenters. The van der Waals surface area contributed by atoms with Crippen molar-refractivity contribution in [1.29, 1.82) is 0 Å². The van der Waals surface area contributed by atoms with Gasteiger partial charge in [0.1, 0.15) is 0 Å². The maximum Gasteiger partial charge on any atom is 0.0724 e. The van der Waals surface area contributed by atoms with E-state index in [4.69, 9.17) is 4.74 Å². The molecule has 2 atom stereocenters. The third kappa shape index (κ3) is 2.65. The minimum absolute atomic E-state index is 0.476. The van der Waals surface area contributed by atoms with Gasteiger partial charge in [-0.15, -0.1) is 0 Å². The van der Waals surface area contributed by atoms with Crippen molar-refractivity contribution < 1.29 is 4.74 Å². The van der Waals surface area contributed by atoms with E-state index in [1.807, 2.05) is 7.11 Å². The van der Waals surface area contributed by atoms with Gasteiger partial charge in [-0.05, 0) is 43.6 Å². The van der Waals surface area contributed by atoms with Gasteiger partial charge in [0.25, 0.3) is 0 Å². The second kappa shape index (κ2) is 5.38. The fourth-order valence-corrected chi connectivity index (χ4v) is 3.67. The molecule has 1 N–H and O–H groups in total. The van der Waals surface area contributed by atoms with Crippen molar-refractivity contribution in [3.05, 3.63) is 0 Å². The highest BCUT2D eigenvalue weighted by atomic mass is 32.2. The lowest BCUT2D eigenvalue weighted by Gasteiger charge is -2.28. The van der Waals surface area contributed by atoms with E-state index in [1.54, 1.807) is 0 Å². The first-order valence-corrected chi connectivity index (χ1v) is 6.92. The lowest BCUT2D eigenvalue weighted by atomic mass is 10.1. The average molecular weight is 215 g/mol. The summed E-state index contributed by atoms with van der Waals surface area (Å²) in [6, 6.07) is 1.39. The maximum atomic E-state index is 5.50. The Labute approximate surface area is 91.2 Å². The summed E-state index contributed by atoms with van der Waals surface area (Å²) >= 11 is 2.09. The molecule has 1 aliphatic heterocycles. The largest absolute Gasteiger partial charge is 0.380 e. The van der Waals surface area contributed by atoms with Gasteiger partial charge in [0.2, 0.25) is 0 Å². The molecule has 2 rings (SSSR count). The zero-order valence-corrected chi connectivity index (χ0v) is 9.81. The molecule has 2 aliphatic rings. The minimum atomic E-state index is 0.476. The van der Waals surface area contributed by atoms with Crippen LogP contribution in [0.2, 0.25) is 0 Å². The number of nitrogens with one attached hydrogen (secondary N) is 1. The molecule has 1 saturated heterocycles. The predicted molar refractivity (Wildman–Crippen MR) is 61.9 cm³/mol. The Morgan fingerprint density at radius 2 is 1.93 bits per heavy atom. The Bertz CT molecular complexity index is 171. The van der Waals surface area contributed by atoms with Crippen molar-refractivity contribution in [3.8, 4) is 0 Å². The SMILES string of the molecule is COC1CCCC1NC1CCSCC1. The van der Waals surface area contributed by atoms with Crippen LogP contribution in [0.4, 0.5) is 0 Å². The van der Waals surface area contributed by atoms with E-state index in [0.717, 1.165) is 6.04 Å². The van der Waals surface area contributed by atoms with Crippen LogP contribution in [-0.2, 0) is 4.74 Å². The van der Waals surface area contributed by atoms with Gasteiger partial charge in [-0.2, -0.15) is 11.8 Å². The van der Waals surface area contributed by atoms with Gasteiger partial charge in [0.05, 0.1) is 6.10 Å². The summed E-state index contributed by atoms with van der Waals surface area (Å²) in [6.45, 7) is 0. The molecule has 2 fully saturated rings. The Hall–Kier alpha value is 0.270. The van der Waals surface area contributed by atoms with Crippen LogP contribution in [0, 0.1) is 0 Å². The third-order valence-electron chi connectivity index (χ3n) is 3.43. The van der Waals surface area contributed by atoms with E-state index in [-0.39, 0.29) is 0 Å². The molecule has 14 heavy (non-hydrogen) atoms. The van der Waals surface area contributed by atoms with E-state index < -0.39 is 0 Å². The predicted octanol–water partition coefficient (Wildman–Crippen LogP) is 2.04. The molecule has 82 valence electrons. The molecular weight excluding hydrogens is 194 g/mol. The maximum absolute atomic E-state index is 5.50. The number of hydrogen-bond acceptors (Lipinski definition) is 3. The van der Waals surface area contributed by atoms with Crippen LogP contribution in [-0.4, -0.2) is 36.8 Å². The monoisotopic (exact) mass is 215 g/mol. The van der Waals surface area contributed by atoms with E-state index in [2.05, 4.69) is 17.1 Å². The third-order valence-corrected chi connectivity index (χ3v) is 4.48. The number of hydrogen-bond donors (Lipinski definition) is 1. The second-order valence-corrected chi connectivity index (χ2v) is 5.59. The highest BCUT2D eigenvalue weighted by molar-refractivity contribution is 7.99. The molecule has 0 aromatic rings. The molecule has 0 aromatic heterocycles. The number of methoxy groups -OCH3 is 1. The Kier molecular flexibility index (Phi) is 4.14. The zero-order chi connectivity index (χ0) is 9.80. The molecule has 0 bridgehead atoms. The van der Waals surface area contributed by atoms with E-state index >= 15 is 0 Å². The summed E-state index contributed by atoms with van der Waals surface area (Å²) in [7, 11) is 1.85. The molecule has 0 aromatic carbocycles. The van der Waals surface area contributed by atoms with Crippen LogP contribution in [0.25, 0.3) is 0 Å². The van der Waals surface area contributed by atoms with Crippen LogP contribution in [0.5, 0.6) is 0 Å². The molecule has 0 spiro atoms. The zero-order valence-electron chi connectivity index (χ0n) is 9.00. The standard InChI is InChI=1S/C11H21NOS/c1-13-11-4-2-3-10(11)12-9-5-7-14-8-6-9/h9-12H,2-8H2,1H3. The first-order valence-electron chi connectivity index (χ1n) is 5.76. The quantitative estimate of drug-likeness (QED) is 0.778. The Balaban J connectivity index is 1.77. The first kappa shape index (κ1) is 10.8. The molecular formula is C11H21NOS. The highest BCUT2D eigenvalue weighted by Crippen LogP contribution is 2.24. The van der Waals surface area contributed by atoms with Crippen molar-refractivity contribution in [3.63, 3.8) is 0 Å². The number of rotatable bonds is 3. The summed E-state index contributed by atoms with van der Waals surface area (Å²) in [5.41, 5.74) is 0. The molecule has 0 amide bonds. The van der Waals surface area contributed by atoms with Gasteiger partial charge < -0.3 is 10.1 Å². The van der Waals surface area contributed by atoms with Gasteiger partial charge >= 0.3 is 0 Å². The Morgan fingerprint density at radius 3 is 2.64 bits per heavy atom. The van der Waals surface area contributed by atoms with Crippen LogP contribution >= 0.6 is 11.8 Å². The first-order chi connectivity index (χ1) is 6.90. The van der Waals surface area contributed by atoms with E-state index in [9.17, 15) is 0 Å². The second-order valence-electron chi connectivity index (χ2n) is 4.36. The Morgan fingerprint density at radius 1 is 1.14 bits per heavy atom. The smallest absolute Gasteiger partial charge is 0.0724 e. The van der Waals surface area contributed by atoms with Gasteiger partial charge in [-0.3, -0.25) is 0 Å². The topological polar surface area (TPSA) is 21.3 Å². The number of thioether (sulfide) groups is 1. The lowest BCUT2D eigenvalue weighted by Crippen LogP contribution is -2.44. The summed E-state index contributed by atoms with van der Waals surface area (Å²) in [6.07, 6.45) is 7.05. The molecule has 1 saturated carbocycles. The van der Waals surface area contributed by atoms with Crippen molar-refractivity contribution in [1.82, 2.24) is 5.32 Å². The van der Waals surface area contributed by atoms with Crippen molar-refractivity contribution in [2.75, 3.05) is 18.6 Å². The van der Waals surface area contributed by atoms with Crippen molar-refractivity contribution in [2.24, 2.45) is 0 Å². The van der Waals surface area contributed by atoms with Crippen LogP contribution in [0.3, 0.4) is 0 Å². The fourth-order valence-electron chi connectivity index (χ4n) is 2.57. The molecule has 0 radical (unpaired) electrons. The van der Waals surface area contributed by atoms with Crippen molar-refractivity contribution >= 4 is 11.8 Å². The van der Waals surface area contributed by atoms with Gasteiger partial charge in [-0.1, -0.05) is 0 Å². The van der Waals surface area contributed by atoms with Gasteiger partial charge in [-0.25, -0.2) is 0 Å². The lowest BCUT2D eigenvalue weighted by molar-refractivity contribution is 0.0808. The van der Waals surface area contributed by atoms with Gasteiger partial charge in [0.15, 0.2) is 0 Å². The summed E-state index contributed by atoms with van der Waals surface area (Å²) in [4.78, 5) is 0. The minimum Gasteiger partial charge on any atom is -0.380 e. The van der Waals surface area contributed by atoms with E-state index in [1.165, 1.54) is 43.6 Å². The molecule has 1 aliphatic carbocycles. The van der Waals surface area contributed by atoms with Crippen LogP contribution in [0.15, 0.2) is 0 Å². The fraction of sp³-hybridized carbons (Fsp3) is 1.00. The van der Waals surface area contributed by atoms with Crippen LogP contribution < -0.4 is 5.32 Å². The van der Waals surface area contributed by atoms with Crippen molar-refractivity contribution in [2.45, 2.75) is 50.3 Å². The van der Waals surface area contributed by atoms with Crippen LogP contribution in [0.1, 0.15) is 32.1 Å². The normalized spacial score (nSPS) is 34.9. The highest BCUT2D eigenvalue weighted by Gasteiger charge is 2.29. The number of ether oxygens (including phenoxy) is 1. The van der Waals surface area contributed by atoms with Gasteiger partial charge in [0, 0.05) is 19.2 Å². The summed E-state index contributed by atoms with van der Waals surface area (Å²) in [5.74, 6) is 2.67. The summed E-state index contributed by atoms with van der Waals surface area (Å²) < 4.78 is 5.50. The summed E-state index contributed by atoms with van der Waals surface area (Å²) in [5, 5.41) is 3.78.